The molecule has 2 aromatic rings. The largest absolute Gasteiger partial charge is 0.486 e. The second-order valence-electron chi connectivity index (χ2n) is 6.36. The molecular formula is C17H27ClN4O. The van der Waals surface area contributed by atoms with Crippen LogP contribution in [0.25, 0.3) is 0 Å². The van der Waals surface area contributed by atoms with E-state index in [0.717, 1.165) is 24.5 Å². The number of ether oxygens (including phenoxy) is 1. The average molecular weight is 339 g/mol. The summed E-state index contributed by atoms with van der Waals surface area (Å²) in [5.41, 5.74) is 7.04. The molecule has 0 atom stereocenters. The Labute approximate surface area is 144 Å². The van der Waals surface area contributed by atoms with Crippen LogP contribution in [0.1, 0.15) is 44.9 Å². The first-order chi connectivity index (χ1) is 10.4. The number of hydrogen-bond acceptors (Lipinski definition) is 4. The predicted octanol–water partition coefficient (Wildman–Crippen LogP) is 3.10. The minimum absolute atomic E-state index is 0. The zero-order chi connectivity index (χ0) is 16.2. The number of nitrogens with two attached hydrogens (primary N) is 1. The van der Waals surface area contributed by atoms with Crippen LogP contribution in [0, 0.1) is 0 Å². The third-order valence-electron chi connectivity index (χ3n) is 3.55. The summed E-state index contributed by atoms with van der Waals surface area (Å²) in [6.07, 6.45) is 0.737. The summed E-state index contributed by atoms with van der Waals surface area (Å²) in [6, 6.07) is 8.21. The van der Waals surface area contributed by atoms with Gasteiger partial charge in [0.25, 0.3) is 0 Å². The molecule has 0 fully saturated rings. The van der Waals surface area contributed by atoms with E-state index in [1.165, 1.54) is 5.56 Å². The zero-order valence-corrected chi connectivity index (χ0v) is 15.2. The Kier molecular flexibility index (Phi) is 7.03. The molecule has 23 heavy (non-hydrogen) atoms. The van der Waals surface area contributed by atoms with Gasteiger partial charge in [0.2, 0.25) is 0 Å². The lowest BCUT2D eigenvalue weighted by molar-refractivity contribution is 0.295. The van der Waals surface area contributed by atoms with Crippen LogP contribution in [0.4, 0.5) is 0 Å². The maximum atomic E-state index is 5.78. The molecule has 1 heterocycles. The van der Waals surface area contributed by atoms with Crippen LogP contribution in [-0.2, 0) is 25.0 Å². The average Bonchev–Trinajstić information content (AvgIpc) is 2.87. The minimum Gasteiger partial charge on any atom is -0.486 e. The standard InChI is InChI=1S/C17H26N4O.ClH/c1-5-21-16(10-11-18)19-15(20-21)12-22-14-8-6-13(7-9-14)17(2,3)4;/h6-9H,5,10-12,18H2,1-4H3;1H. The maximum absolute atomic E-state index is 5.78. The Hall–Kier alpha value is -1.59. The highest BCUT2D eigenvalue weighted by Crippen LogP contribution is 2.24. The fourth-order valence-corrected chi connectivity index (χ4v) is 2.25. The van der Waals surface area contributed by atoms with Gasteiger partial charge in [0.1, 0.15) is 18.2 Å². The van der Waals surface area contributed by atoms with Gasteiger partial charge in [0.15, 0.2) is 5.82 Å². The highest BCUT2D eigenvalue weighted by atomic mass is 35.5. The lowest BCUT2D eigenvalue weighted by atomic mass is 9.87. The molecule has 0 aliphatic rings. The van der Waals surface area contributed by atoms with E-state index in [-0.39, 0.29) is 17.8 Å². The molecule has 0 aliphatic heterocycles. The van der Waals surface area contributed by atoms with Crippen molar-refractivity contribution in [3.8, 4) is 5.75 Å². The molecule has 2 rings (SSSR count). The first-order valence-corrected chi connectivity index (χ1v) is 7.80. The first-order valence-electron chi connectivity index (χ1n) is 7.80. The van der Waals surface area contributed by atoms with Crippen LogP contribution in [0.2, 0.25) is 0 Å². The summed E-state index contributed by atoms with van der Waals surface area (Å²) >= 11 is 0. The van der Waals surface area contributed by atoms with Crippen LogP contribution in [0.3, 0.4) is 0 Å². The quantitative estimate of drug-likeness (QED) is 0.878. The molecule has 0 bridgehead atoms. The Morgan fingerprint density at radius 2 is 1.83 bits per heavy atom. The monoisotopic (exact) mass is 338 g/mol. The summed E-state index contributed by atoms with van der Waals surface area (Å²) in [5.74, 6) is 2.46. The third-order valence-corrected chi connectivity index (χ3v) is 3.55. The van der Waals surface area contributed by atoms with Crippen molar-refractivity contribution < 1.29 is 4.74 Å². The van der Waals surface area contributed by atoms with Gasteiger partial charge in [-0.15, -0.1) is 12.4 Å². The highest BCUT2D eigenvalue weighted by molar-refractivity contribution is 5.85. The summed E-state index contributed by atoms with van der Waals surface area (Å²) < 4.78 is 7.66. The molecule has 0 saturated heterocycles. The van der Waals surface area contributed by atoms with Crippen molar-refractivity contribution in [2.24, 2.45) is 5.73 Å². The number of halogens is 1. The van der Waals surface area contributed by atoms with Crippen molar-refractivity contribution in [2.45, 2.75) is 52.7 Å². The topological polar surface area (TPSA) is 66.0 Å². The Bertz CT molecular complexity index is 602. The van der Waals surface area contributed by atoms with E-state index in [4.69, 9.17) is 10.5 Å². The van der Waals surface area contributed by atoms with Gasteiger partial charge in [-0.05, 0) is 36.6 Å². The predicted molar refractivity (Wildman–Crippen MR) is 95.2 cm³/mol. The molecule has 1 aromatic carbocycles. The molecule has 0 unspecified atom stereocenters. The van der Waals surface area contributed by atoms with Crippen LogP contribution in [-0.4, -0.2) is 21.3 Å². The fourth-order valence-electron chi connectivity index (χ4n) is 2.25. The smallest absolute Gasteiger partial charge is 0.188 e. The number of hydrogen-bond donors (Lipinski definition) is 1. The SMILES string of the molecule is CCn1nc(COc2ccc(C(C)(C)C)cc2)nc1CCN.Cl. The Morgan fingerprint density at radius 3 is 2.35 bits per heavy atom. The number of rotatable bonds is 6. The van der Waals surface area contributed by atoms with Crippen molar-refractivity contribution >= 4 is 12.4 Å². The molecule has 0 saturated carbocycles. The van der Waals surface area contributed by atoms with Crippen molar-refractivity contribution in [3.05, 3.63) is 41.5 Å². The van der Waals surface area contributed by atoms with E-state index >= 15 is 0 Å². The van der Waals surface area contributed by atoms with Crippen molar-refractivity contribution in [2.75, 3.05) is 6.54 Å². The molecule has 0 amide bonds. The second-order valence-corrected chi connectivity index (χ2v) is 6.36. The van der Waals surface area contributed by atoms with E-state index < -0.39 is 0 Å². The molecule has 0 radical (unpaired) electrons. The molecule has 0 spiro atoms. The molecule has 6 heteroatoms. The van der Waals surface area contributed by atoms with E-state index in [9.17, 15) is 0 Å². The normalized spacial score (nSPS) is 11.2. The summed E-state index contributed by atoms with van der Waals surface area (Å²) in [4.78, 5) is 4.49. The lowest BCUT2D eigenvalue weighted by Crippen LogP contribution is -2.10. The van der Waals surface area contributed by atoms with Gasteiger partial charge in [-0.3, -0.25) is 0 Å². The van der Waals surface area contributed by atoms with Gasteiger partial charge < -0.3 is 10.5 Å². The van der Waals surface area contributed by atoms with E-state index in [1.807, 2.05) is 23.7 Å². The zero-order valence-electron chi connectivity index (χ0n) is 14.4. The molecular weight excluding hydrogens is 312 g/mol. The van der Waals surface area contributed by atoms with Gasteiger partial charge in [0.05, 0.1) is 0 Å². The third kappa shape index (κ3) is 5.22. The van der Waals surface area contributed by atoms with E-state index in [1.54, 1.807) is 0 Å². The van der Waals surface area contributed by atoms with Gasteiger partial charge in [0, 0.05) is 13.0 Å². The van der Waals surface area contributed by atoms with Crippen molar-refractivity contribution in [1.29, 1.82) is 0 Å². The number of nitrogens with zero attached hydrogens (tertiary/aromatic N) is 3. The van der Waals surface area contributed by atoms with Crippen LogP contribution in [0.5, 0.6) is 5.75 Å². The molecule has 128 valence electrons. The number of aryl methyl sites for hydroxylation is 1. The van der Waals surface area contributed by atoms with Crippen molar-refractivity contribution in [3.63, 3.8) is 0 Å². The summed E-state index contributed by atoms with van der Waals surface area (Å²) in [5, 5.41) is 4.44. The van der Waals surface area contributed by atoms with Crippen LogP contribution in [0.15, 0.2) is 24.3 Å². The maximum Gasteiger partial charge on any atom is 0.188 e. The second kappa shape index (κ2) is 8.31. The molecule has 1 aromatic heterocycles. The molecule has 2 N–H and O–H groups in total. The van der Waals surface area contributed by atoms with Gasteiger partial charge >= 0.3 is 0 Å². The van der Waals surface area contributed by atoms with Crippen molar-refractivity contribution in [1.82, 2.24) is 14.8 Å². The van der Waals surface area contributed by atoms with Gasteiger partial charge in [-0.1, -0.05) is 32.9 Å². The summed E-state index contributed by atoms with van der Waals surface area (Å²) in [7, 11) is 0. The Morgan fingerprint density at radius 1 is 1.17 bits per heavy atom. The van der Waals surface area contributed by atoms with Gasteiger partial charge in [-0.25, -0.2) is 9.67 Å². The molecule has 5 nitrogen and oxygen atoms in total. The van der Waals surface area contributed by atoms with Crippen LogP contribution >= 0.6 is 12.4 Å². The van der Waals surface area contributed by atoms with E-state index in [0.29, 0.717) is 19.0 Å². The summed E-state index contributed by atoms with van der Waals surface area (Å²) in [6.45, 7) is 10.4. The lowest BCUT2D eigenvalue weighted by Gasteiger charge is -2.19. The number of aromatic nitrogens is 3. The molecule has 0 aliphatic carbocycles. The number of benzene rings is 1. The first kappa shape index (κ1) is 19.5. The van der Waals surface area contributed by atoms with E-state index in [2.05, 4.69) is 43.0 Å². The van der Waals surface area contributed by atoms with Crippen LogP contribution < -0.4 is 10.5 Å². The van der Waals surface area contributed by atoms with Gasteiger partial charge in [-0.2, -0.15) is 5.10 Å². The Balaban J connectivity index is 0.00000264. The highest BCUT2D eigenvalue weighted by Gasteiger charge is 2.13. The fraction of sp³-hybridized carbons (Fsp3) is 0.529. The minimum atomic E-state index is 0.